The first kappa shape index (κ1) is 9.34. The van der Waals surface area contributed by atoms with Gasteiger partial charge in [0.15, 0.2) is 0 Å². The molecule has 0 saturated heterocycles. The summed E-state index contributed by atoms with van der Waals surface area (Å²) in [5, 5.41) is 11.3. The molecule has 0 spiro atoms. The molecule has 12 heavy (non-hydrogen) atoms. The topological polar surface area (TPSA) is 47.9 Å². The standard InChI is InChI=1S/C7H8O4S/c1-9-6-2-4-7(5-3-6)12-11-10-8/h2-5,8H,1H3. The van der Waals surface area contributed by atoms with Gasteiger partial charge in [-0.3, -0.25) is 0 Å². The monoisotopic (exact) mass is 188 g/mol. The van der Waals surface area contributed by atoms with Crippen molar-refractivity contribution >= 4 is 12.0 Å². The van der Waals surface area contributed by atoms with Gasteiger partial charge >= 0.3 is 0 Å². The van der Waals surface area contributed by atoms with E-state index in [0.717, 1.165) is 22.7 Å². The second-order valence-electron chi connectivity index (χ2n) is 1.90. The lowest BCUT2D eigenvalue weighted by Crippen LogP contribution is -1.82. The van der Waals surface area contributed by atoms with E-state index in [1.54, 1.807) is 31.4 Å². The summed E-state index contributed by atoms with van der Waals surface area (Å²) in [4.78, 5) is 0.810. The lowest BCUT2D eigenvalue weighted by atomic mass is 10.3. The third kappa shape index (κ3) is 2.71. The maximum atomic E-state index is 7.86. The maximum absolute atomic E-state index is 7.86. The molecule has 1 aromatic carbocycles. The van der Waals surface area contributed by atoms with E-state index in [-0.39, 0.29) is 0 Å². The minimum Gasteiger partial charge on any atom is -0.497 e. The molecule has 0 aliphatic heterocycles. The summed E-state index contributed by atoms with van der Waals surface area (Å²) in [5.74, 6) is 0.768. The predicted octanol–water partition coefficient (Wildman–Crippen LogP) is 2.12. The Morgan fingerprint density at radius 3 is 2.42 bits per heavy atom. The average Bonchev–Trinajstić information content (AvgIpc) is 2.15. The maximum Gasteiger partial charge on any atom is 0.118 e. The minimum absolute atomic E-state index is 0.768. The van der Waals surface area contributed by atoms with E-state index in [1.807, 2.05) is 0 Å². The number of ether oxygens (including phenoxy) is 1. The van der Waals surface area contributed by atoms with E-state index in [1.165, 1.54) is 0 Å². The summed E-state index contributed by atoms with van der Waals surface area (Å²) in [6.45, 7) is 0. The molecule has 0 radical (unpaired) electrons. The molecule has 0 saturated carbocycles. The van der Waals surface area contributed by atoms with Crippen LogP contribution in [0.25, 0.3) is 0 Å². The van der Waals surface area contributed by atoms with Crippen LogP contribution in [-0.2, 0) is 9.37 Å². The van der Waals surface area contributed by atoms with Crippen LogP contribution in [0.1, 0.15) is 0 Å². The van der Waals surface area contributed by atoms with Crippen molar-refractivity contribution in [1.82, 2.24) is 0 Å². The van der Waals surface area contributed by atoms with Gasteiger partial charge in [-0.2, -0.15) is 0 Å². The minimum atomic E-state index is 0.768. The van der Waals surface area contributed by atoms with Gasteiger partial charge in [0, 0.05) is 4.90 Å². The second-order valence-corrected chi connectivity index (χ2v) is 2.68. The number of hydrogen-bond acceptors (Lipinski definition) is 5. The molecule has 0 aliphatic rings. The normalized spacial score (nSPS) is 9.83. The zero-order valence-corrected chi connectivity index (χ0v) is 7.21. The average molecular weight is 188 g/mol. The molecular weight excluding hydrogens is 180 g/mol. The van der Waals surface area contributed by atoms with E-state index < -0.39 is 0 Å². The molecule has 0 amide bonds. The summed E-state index contributed by atoms with van der Waals surface area (Å²) >= 11 is 0.912. The highest BCUT2D eigenvalue weighted by Gasteiger charge is 1.95. The molecule has 1 aromatic rings. The molecule has 0 bridgehead atoms. The Labute approximate surface area is 74.1 Å². The van der Waals surface area contributed by atoms with Crippen molar-refractivity contribution < 1.29 is 19.4 Å². The molecule has 0 heterocycles. The Morgan fingerprint density at radius 2 is 1.92 bits per heavy atom. The van der Waals surface area contributed by atoms with Gasteiger partial charge in [0.2, 0.25) is 0 Å². The molecule has 5 heteroatoms. The second kappa shape index (κ2) is 5.00. The Bertz CT molecular complexity index is 223. The molecule has 0 unspecified atom stereocenters. The van der Waals surface area contributed by atoms with Crippen LogP contribution in [-0.4, -0.2) is 12.4 Å². The summed E-state index contributed by atoms with van der Waals surface area (Å²) in [6, 6.07) is 7.12. The zero-order chi connectivity index (χ0) is 8.81. The van der Waals surface area contributed by atoms with E-state index in [2.05, 4.69) is 9.37 Å². The Balaban J connectivity index is 2.53. The molecule has 66 valence electrons. The number of hydrogen-bond donors (Lipinski definition) is 1. The third-order valence-electron chi connectivity index (χ3n) is 1.22. The van der Waals surface area contributed by atoms with Crippen LogP contribution < -0.4 is 4.74 Å². The van der Waals surface area contributed by atoms with Gasteiger partial charge in [0.25, 0.3) is 0 Å². The molecule has 1 N–H and O–H groups in total. The van der Waals surface area contributed by atoms with Crippen LogP contribution in [0, 0.1) is 0 Å². The van der Waals surface area contributed by atoms with Crippen molar-refractivity contribution in [3.8, 4) is 5.75 Å². The fourth-order valence-corrected chi connectivity index (χ4v) is 1.04. The largest absolute Gasteiger partial charge is 0.497 e. The van der Waals surface area contributed by atoms with Crippen molar-refractivity contribution in [3.05, 3.63) is 24.3 Å². The molecule has 1 rings (SSSR count). The number of benzene rings is 1. The summed E-state index contributed by atoms with van der Waals surface area (Å²) < 4.78 is 9.17. The van der Waals surface area contributed by atoms with Gasteiger partial charge in [-0.05, 0) is 24.3 Å². The van der Waals surface area contributed by atoms with Crippen molar-refractivity contribution in [2.24, 2.45) is 0 Å². The Kier molecular flexibility index (Phi) is 3.89. The van der Waals surface area contributed by atoms with Gasteiger partial charge in [0.05, 0.1) is 19.2 Å². The zero-order valence-electron chi connectivity index (χ0n) is 6.39. The number of rotatable bonds is 4. The van der Waals surface area contributed by atoms with Crippen LogP contribution in [0.4, 0.5) is 0 Å². The highest BCUT2D eigenvalue weighted by molar-refractivity contribution is 7.94. The van der Waals surface area contributed by atoms with Crippen molar-refractivity contribution in [2.75, 3.05) is 7.11 Å². The third-order valence-corrected chi connectivity index (χ3v) is 1.81. The molecule has 0 atom stereocenters. The SMILES string of the molecule is COc1ccc(SOOO)cc1. The van der Waals surface area contributed by atoms with Gasteiger partial charge in [-0.1, -0.05) is 5.04 Å². The smallest absolute Gasteiger partial charge is 0.118 e. The van der Waals surface area contributed by atoms with Gasteiger partial charge in [-0.25, -0.2) is 5.26 Å². The quantitative estimate of drug-likeness (QED) is 0.445. The first-order valence-electron chi connectivity index (χ1n) is 3.15. The van der Waals surface area contributed by atoms with Gasteiger partial charge in [-0.15, -0.1) is 4.33 Å². The van der Waals surface area contributed by atoms with Crippen LogP contribution >= 0.6 is 12.0 Å². The lowest BCUT2D eigenvalue weighted by molar-refractivity contribution is -0.432. The Morgan fingerprint density at radius 1 is 1.25 bits per heavy atom. The highest BCUT2D eigenvalue weighted by Crippen LogP contribution is 2.21. The van der Waals surface area contributed by atoms with Crippen LogP contribution in [0.2, 0.25) is 0 Å². The molecule has 4 nitrogen and oxygen atoms in total. The molecule has 0 aromatic heterocycles. The summed E-state index contributed by atoms with van der Waals surface area (Å²) in [5.41, 5.74) is 0. The van der Waals surface area contributed by atoms with Gasteiger partial charge in [0.1, 0.15) is 5.75 Å². The first-order valence-corrected chi connectivity index (χ1v) is 3.90. The van der Waals surface area contributed by atoms with Crippen molar-refractivity contribution in [1.29, 1.82) is 0 Å². The highest BCUT2D eigenvalue weighted by atomic mass is 32.2. The van der Waals surface area contributed by atoms with E-state index >= 15 is 0 Å². The van der Waals surface area contributed by atoms with E-state index in [4.69, 9.17) is 9.99 Å². The molecule has 0 fully saturated rings. The van der Waals surface area contributed by atoms with E-state index in [9.17, 15) is 0 Å². The number of methoxy groups -OCH3 is 1. The van der Waals surface area contributed by atoms with Crippen LogP contribution in [0.15, 0.2) is 29.2 Å². The predicted molar refractivity (Wildman–Crippen MR) is 43.6 cm³/mol. The van der Waals surface area contributed by atoms with Crippen molar-refractivity contribution in [2.45, 2.75) is 4.90 Å². The molecule has 0 aliphatic carbocycles. The van der Waals surface area contributed by atoms with E-state index in [0.29, 0.717) is 0 Å². The first-order chi connectivity index (χ1) is 5.86. The summed E-state index contributed by atoms with van der Waals surface area (Å²) in [7, 11) is 1.59. The fraction of sp³-hybridized carbons (Fsp3) is 0.143. The van der Waals surface area contributed by atoms with Crippen molar-refractivity contribution in [3.63, 3.8) is 0 Å². The lowest BCUT2D eigenvalue weighted by Gasteiger charge is -1.99. The summed E-state index contributed by atoms with van der Waals surface area (Å²) in [6.07, 6.45) is 0. The van der Waals surface area contributed by atoms with Crippen LogP contribution in [0.5, 0.6) is 5.75 Å². The molecular formula is C7H8O4S. The van der Waals surface area contributed by atoms with Crippen LogP contribution in [0.3, 0.4) is 0 Å². The fourth-order valence-electron chi connectivity index (χ4n) is 0.686. The van der Waals surface area contributed by atoms with Gasteiger partial charge < -0.3 is 4.74 Å². The Hall–Kier alpha value is -0.750.